The number of likely N-dealkylation sites (tertiary alicyclic amines) is 1. The van der Waals surface area contributed by atoms with Crippen molar-refractivity contribution in [3.8, 4) is 22.9 Å². The van der Waals surface area contributed by atoms with Gasteiger partial charge in [-0.05, 0) is 82.5 Å². The van der Waals surface area contributed by atoms with Gasteiger partial charge in [0.2, 0.25) is 11.8 Å². The van der Waals surface area contributed by atoms with Gasteiger partial charge in [0.05, 0.1) is 11.3 Å². The number of anilines is 2. The van der Waals surface area contributed by atoms with Crippen LogP contribution >= 0.6 is 0 Å². The molecule has 0 spiro atoms. The van der Waals surface area contributed by atoms with Gasteiger partial charge in [0.15, 0.2) is 0 Å². The summed E-state index contributed by atoms with van der Waals surface area (Å²) >= 11 is 0. The van der Waals surface area contributed by atoms with E-state index < -0.39 is 5.60 Å². The van der Waals surface area contributed by atoms with Gasteiger partial charge in [-0.25, -0.2) is 19.7 Å². The van der Waals surface area contributed by atoms with Crippen LogP contribution in [0.15, 0.2) is 91.3 Å². The fraction of sp³-hybridized carbons (Fsp3) is 0.270. The number of aryl methyl sites for hydroxylation is 1. The highest BCUT2D eigenvalue weighted by Gasteiger charge is 2.28. The van der Waals surface area contributed by atoms with Crippen molar-refractivity contribution >= 4 is 34.4 Å². The Morgan fingerprint density at radius 3 is 2.53 bits per heavy atom. The summed E-state index contributed by atoms with van der Waals surface area (Å²) in [6, 6.07) is 24.3. The van der Waals surface area contributed by atoms with Crippen molar-refractivity contribution in [1.82, 2.24) is 19.9 Å². The van der Waals surface area contributed by atoms with Crippen molar-refractivity contribution in [2.75, 3.05) is 23.7 Å². The quantitative estimate of drug-likeness (QED) is 0.187. The van der Waals surface area contributed by atoms with Gasteiger partial charge in [-0.15, -0.1) is 0 Å². The van der Waals surface area contributed by atoms with Gasteiger partial charge in [-0.2, -0.15) is 0 Å². The first-order valence-corrected chi connectivity index (χ1v) is 15.7. The Balaban J connectivity index is 1.24. The van der Waals surface area contributed by atoms with Crippen molar-refractivity contribution in [2.24, 2.45) is 0 Å². The van der Waals surface area contributed by atoms with E-state index in [9.17, 15) is 9.59 Å². The zero-order valence-electron chi connectivity index (χ0n) is 27.0. The van der Waals surface area contributed by atoms with Crippen molar-refractivity contribution in [1.29, 1.82) is 0 Å². The van der Waals surface area contributed by atoms with Crippen LogP contribution in [0.5, 0.6) is 11.6 Å². The van der Waals surface area contributed by atoms with E-state index in [4.69, 9.17) is 14.5 Å². The number of nitrogens with one attached hydrogen (secondary N) is 2. The van der Waals surface area contributed by atoms with Crippen LogP contribution < -0.4 is 15.4 Å². The average molecular weight is 631 g/mol. The summed E-state index contributed by atoms with van der Waals surface area (Å²) in [6.45, 7) is 8.73. The normalized spacial score (nSPS) is 14.8. The molecule has 1 atom stereocenters. The maximum Gasteiger partial charge on any atom is 0.410 e. The number of carbonyl (C=O) groups is 2. The zero-order valence-corrected chi connectivity index (χ0v) is 27.0. The highest BCUT2D eigenvalue weighted by molar-refractivity contribution is 6.10. The second-order valence-electron chi connectivity index (χ2n) is 12.6. The van der Waals surface area contributed by atoms with Crippen molar-refractivity contribution < 1.29 is 19.1 Å². The van der Waals surface area contributed by atoms with Crippen molar-refractivity contribution in [3.05, 3.63) is 102 Å². The molecule has 240 valence electrons. The zero-order chi connectivity index (χ0) is 33.0. The number of fused-ring (bicyclic) bond motifs is 1. The van der Waals surface area contributed by atoms with Gasteiger partial charge >= 0.3 is 6.09 Å². The van der Waals surface area contributed by atoms with E-state index >= 15 is 0 Å². The number of ether oxygens (including phenoxy) is 2. The highest BCUT2D eigenvalue weighted by atomic mass is 16.6. The summed E-state index contributed by atoms with van der Waals surface area (Å²) in [6.07, 6.45) is 4.78. The third-order valence-corrected chi connectivity index (χ3v) is 7.80. The molecule has 10 heteroatoms. The number of rotatable bonds is 7. The molecule has 5 aromatic rings. The molecule has 10 nitrogen and oxygen atoms in total. The molecule has 1 aliphatic rings. The van der Waals surface area contributed by atoms with Crippen LogP contribution in [0.3, 0.4) is 0 Å². The fourth-order valence-corrected chi connectivity index (χ4v) is 5.58. The summed E-state index contributed by atoms with van der Waals surface area (Å²) in [5.41, 5.74) is 2.96. The van der Waals surface area contributed by atoms with Gasteiger partial charge in [0, 0.05) is 53.5 Å². The third kappa shape index (κ3) is 7.49. The predicted molar refractivity (Wildman–Crippen MR) is 183 cm³/mol. The summed E-state index contributed by atoms with van der Waals surface area (Å²) in [4.78, 5) is 41.2. The summed E-state index contributed by atoms with van der Waals surface area (Å²) < 4.78 is 12.1. The summed E-state index contributed by atoms with van der Waals surface area (Å²) in [5.74, 6) is 1.29. The molecule has 2 N–H and O–H groups in total. The lowest BCUT2D eigenvalue weighted by Crippen LogP contribution is -2.47. The molecule has 1 unspecified atom stereocenters. The lowest BCUT2D eigenvalue weighted by atomic mass is 10.0. The molecule has 0 saturated carbocycles. The number of pyridine rings is 1. The number of carbonyl (C=O) groups excluding carboxylic acids is 2. The Kier molecular flexibility index (Phi) is 9.01. The van der Waals surface area contributed by atoms with Gasteiger partial charge in [-0.1, -0.05) is 42.5 Å². The highest BCUT2D eigenvalue weighted by Crippen LogP contribution is 2.38. The first-order valence-electron chi connectivity index (χ1n) is 15.7. The smallest absolute Gasteiger partial charge is 0.410 e. The molecule has 1 aliphatic heterocycles. The van der Waals surface area contributed by atoms with Gasteiger partial charge < -0.3 is 25.0 Å². The molecule has 3 heterocycles. The molecule has 2 amide bonds. The van der Waals surface area contributed by atoms with Gasteiger partial charge in [-0.3, -0.25) is 4.79 Å². The fourth-order valence-electron chi connectivity index (χ4n) is 5.58. The lowest BCUT2D eigenvalue weighted by Gasteiger charge is -2.34. The number of amides is 2. The monoisotopic (exact) mass is 630 g/mol. The van der Waals surface area contributed by atoms with Crippen LogP contribution in [0, 0.1) is 6.92 Å². The number of hydrogen-bond donors (Lipinski definition) is 2. The maximum atomic E-state index is 13.0. The molecule has 47 heavy (non-hydrogen) atoms. The van der Waals surface area contributed by atoms with Crippen LogP contribution in [0.25, 0.3) is 22.0 Å². The minimum atomic E-state index is -0.552. The van der Waals surface area contributed by atoms with Gasteiger partial charge in [0.1, 0.15) is 11.4 Å². The second kappa shape index (κ2) is 13.5. The minimum absolute atomic E-state index is 0.0222. The number of piperidine rings is 1. The van der Waals surface area contributed by atoms with E-state index in [1.807, 2.05) is 94.4 Å². The molecule has 1 saturated heterocycles. The number of aromatic nitrogens is 3. The maximum absolute atomic E-state index is 13.0. The van der Waals surface area contributed by atoms with Crippen LogP contribution in [-0.2, 0) is 4.74 Å². The third-order valence-electron chi connectivity index (χ3n) is 7.80. The molecule has 0 radical (unpaired) electrons. The number of hydrogen-bond acceptors (Lipinski definition) is 8. The Labute approximate surface area is 274 Å². The first-order chi connectivity index (χ1) is 22.6. The Bertz CT molecular complexity index is 1910. The Morgan fingerprint density at radius 2 is 1.72 bits per heavy atom. The molecule has 3 aromatic carbocycles. The molecule has 0 aliphatic carbocycles. The van der Waals surface area contributed by atoms with Crippen LogP contribution in [-0.4, -0.2) is 56.6 Å². The van der Waals surface area contributed by atoms with Crippen LogP contribution in [0.1, 0.15) is 49.5 Å². The van der Waals surface area contributed by atoms with E-state index in [1.165, 1.54) is 0 Å². The van der Waals surface area contributed by atoms with E-state index in [-0.39, 0.29) is 18.0 Å². The molecule has 1 fully saturated rings. The van der Waals surface area contributed by atoms with E-state index in [0.29, 0.717) is 53.2 Å². The summed E-state index contributed by atoms with van der Waals surface area (Å²) in [5, 5.41) is 8.13. The Hall–Kier alpha value is -5.51. The number of nitrogens with zero attached hydrogens (tertiary/aromatic N) is 4. The standard InChI is InChI=1S/C37H38N6O4/c1-24-17-18-27-28(14-8-16-30(27)41-33(44)25-11-6-5-7-12-25)32(24)46-34-29(15-9-20-38-34)31-19-21-39-35(42-31)40-26-13-10-22-43(23-26)36(45)47-37(2,3)4/h5-9,11-12,14-21,26H,10,13,22-23H2,1-4H3,(H,41,44)(H,39,40,42). The summed E-state index contributed by atoms with van der Waals surface area (Å²) in [7, 11) is 0. The molecular weight excluding hydrogens is 592 g/mol. The first kappa shape index (κ1) is 31.5. The largest absolute Gasteiger partial charge is 0.444 e. The van der Waals surface area contributed by atoms with Gasteiger partial charge in [0.25, 0.3) is 5.91 Å². The lowest BCUT2D eigenvalue weighted by molar-refractivity contribution is 0.0206. The average Bonchev–Trinajstić information content (AvgIpc) is 3.06. The second-order valence-corrected chi connectivity index (χ2v) is 12.6. The van der Waals surface area contributed by atoms with E-state index in [1.54, 1.807) is 29.4 Å². The molecular formula is C37H38N6O4. The Morgan fingerprint density at radius 1 is 0.894 bits per heavy atom. The van der Waals surface area contributed by atoms with Crippen LogP contribution in [0.4, 0.5) is 16.4 Å². The number of benzene rings is 3. The van der Waals surface area contributed by atoms with E-state index in [2.05, 4.69) is 20.6 Å². The van der Waals surface area contributed by atoms with Crippen molar-refractivity contribution in [2.45, 2.75) is 52.2 Å². The molecule has 2 aromatic heterocycles. The van der Waals surface area contributed by atoms with Crippen molar-refractivity contribution in [3.63, 3.8) is 0 Å². The SMILES string of the molecule is Cc1ccc2c(NC(=O)c3ccccc3)cccc2c1Oc1ncccc1-c1ccnc(NC2CCCN(C(=O)OC(C)(C)C)C2)n1. The van der Waals surface area contributed by atoms with Crippen LogP contribution in [0.2, 0.25) is 0 Å². The minimum Gasteiger partial charge on any atom is -0.444 e. The predicted octanol–water partition coefficient (Wildman–Crippen LogP) is 7.86. The molecule has 6 rings (SSSR count). The van der Waals surface area contributed by atoms with E-state index in [0.717, 1.165) is 29.2 Å². The molecule has 0 bridgehead atoms. The topological polar surface area (TPSA) is 119 Å².